The van der Waals surface area contributed by atoms with Gasteiger partial charge >= 0.3 is 0 Å². The molecule has 3 heterocycles. The number of aromatic amines is 1. The number of para-hydroxylation sites is 1. The predicted octanol–water partition coefficient (Wildman–Crippen LogP) is 2.61. The SMILES string of the molecule is Nc1cc(C(=O)N2CC[C@]3(C(=O)Nc4ccccc43)[C@@H]2c2ccc(F)cc2)[nH]n1. The van der Waals surface area contributed by atoms with Gasteiger partial charge in [-0.25, -0.2) is 4.39 Å². The first-order valence-corrected chi connectivity index (χ1v) is 9.29. The Kier molecular flexibility index (Phi) is 3.70. The number of nitrogens with zero attached hydrogens (tertiary/aromatic N) is 2. The highest BCUT2D eigenvalue weighted by atomic mass is 19.1. The first-order valence-electron chi connectivity index (χ1n) is 9.29. The lowest BCUT2D eigenvalue weighted by atomic mass is 9.72. The summed E-state index contributed by atoms with van der Waals surface area (Å²) in [5, 5.41) is 9.43. The van der Waals surface area contributed by atoms with E-state index in [-0.39, 0.29) is 29.1 Å². The largest absolute Gasteiger partial charge is 0.382 e. The van der Waals surface area contributed by atoms with Gasteiger partial charge in [-0.1, -0.05) is 30.3 Å². The first kappa shape index (κ1) is 17.4. The number of fused-ring (bicyclic) bond motifs is 2. The van der Waals surface area contributed by atoms with Gasteiger partial charge in [0.2, 0.25) is 5.91 Å². The van der Waals surface area contributed by atoms with Crippen molar-refractivity contribution >= 4 is 23.3 Å². The number of hydrogen-bond acceptors (Lipinski definition) is 4. The fourth-order valence-corrected chi connectivity index (χ4v) is 4.62. The highest BCUT2D eigenvalue weighted by Crippen LogP contribution is 2.54. The maximum absolute atomic E-state index is 13.6. The number of anilines is 2. The molecule has 0 bridgehead atoms. The lowest BCUT2D eigenvalue weighted by molar-refractivity contribution is -0.121. The van der Waals surface area contributed by atoms with Gasteiger partial charge in [0, 0.05) is 18.3 Å². The van der Waals surface area contributed by atoms with Gasteiger partial charge in [0.1, 0.15) is 22.7 Å². The summed E-state index contributed by atoms with van der Waals surface area (Å²) in [4.78, 5) is 28.2. The molecule has 2 aromatic carbocycles. The molecule has 0 unspecified atom stereocenters. The minimum Gasteiger partial charge on any atom is -0.382 e. The van der Waals surface area contributed by atoms with Crippen molar-refractivity contribution in [3.8, 4) is 0 Å². The Bertz CT molecular complexity index is 1130. The lowest BCUT2D eigenvalue weighted by Crippen LogP contribution is -2.42. The van der Waals surface area contributed by atoms with E-state index in [4.69, 9.17) is 5.73 Å². The van der Waals surface area contributed by atoms with E-state index < -0.39 is 11.5 Å². The molecule has 3 aromatic rings. The molecule has 0 radical (unpaired) electrons. The van der Waals surface area contributed by atoms with Crippen molar-refractivity contribution < 1.29 is 14.0 Å². The van der Waals surface area contributed by atoms with E-state index >= 15 is 0 Å². The average molecular weight is 391 g/mol. The molecule has 4 N–H and O–H groups in total. The Morgan fingerprint density at radius 2 is 1.97 bits per heavy atom. The smallest absolute Gasteiger partial charge is 0.272 e. The maximum Gasteiger partial charge on any atom is 0.272 e. The van der Waals surface area contributed by atoms with Crippen LogP contribution in [0.25, 0.3) is 0 Å². The summed E-state index contributed by atoms with van der Waals surface area (Å²) in [6.45, 7) is 0.363. The van der Waals surface area contributed by atoms with E-state index in [9.17, 15) is 14.0 Å². The molecule has 1 fully saturated rings. The van der Waals surface area contributed by atoms with Crippen molar-refractivity contribution in [2.45, 2.75) is 17.9 Å². The van der Waals surface area contributed by atoms with E-state index in [2.05, 4.69) is 15.5 Å². The Balaban J connectivity index is 1.67. The van der Waals surface area contributed by atoms with Crippen LogP contribution in [0.4, 0.5) is 15.9 Å². The van der Waals surface area contributed by atoms with Crippen LogP contribution in [0.15, 0.2) is 54.6 Å². The quantitative estimate of drug-likeness (QED) is 0.625. The lowest BCUT2D eigenvalue weighted by Gasteiger charge is -2.34. The summed E-state index contributed by atoms with van der Waals surface area (Å²) in [6.07, 6.45) is 0.452. The van der Waals surface area contributed by atoms with Crippen LogP contribution in [0.3, 0.4) is 0 Å². The number of nitrogens with two attached hydrogens (primary N) is 1. The second-order valence-corrected chi connectivity index (χ2v) is 7.38. The highest BCUT2D eigenvalue weighted by Gasteiger charge is 2.59. The third-order valence-electron chi connectivity index (χ3n) is 5.86. The van der Waals surface area contributed by atoms with Crippen LogP contribution >= 0.6 is 0 Å². The fraction of sp³-hybridized carbons (Fsp3) is 0.190. The van der Waals surface area contributed by atoms with Crippen molar-refractivity contribution in [1.82, 2.24) is 15.1 Å². The number of amides is 2. The predicted molar refractivity (Wildman–Crippen MR) is 105 cm³/mol. The minimum absolute atomic E-state index is 0.160. The average Bonchev–Trinajstić information content (AvgIpc) is 3.40. The molecule has 29 heavy (non-hydrogen) atoms. The standard InChI is InChI=1S/C21H18FN5O2/c22-13-7-5-12(6-8-13)18-21(14-3-1-2-4-15(14)24-20(21)29)9-10-27(18)19(28)16-11-17(23)26-25-16/h1-8,11,18H,9-10H2,(H,24,29)(H3,23,25,26)/t18-,21+/m0/s1. The van der Waals surface area contributed by atoms with Gasteiger partial charge in [-0.05, 0) is 35.7 Å². The van der Waals surface area contributed by atoms with Crippen molar-refractivity contribution in [1.29, 1.82) is 0 Å². The van der Waals surface area contributed by atoms with E-state index in [0.29, 0.717) is 18.5 Å². The van der Waals surface area contributed by atoms with Crippen molar-refractivity contribution in [2.75, 3.05) is 17.6 Å². The first-order chi connectivity index (χ1) is 14.0. The molecule has 5 rings (SSSR count). The molecule has 1 spiro atoms. The second kappa shape index (κ2) is 6.16. The van der Waals surface area contributed by atoms with Gasteiger partial charge in [-0.3, -0.25) is 14.7 Å². The van der Waals surface area contributed by atoms with E-state index in [1.54, 1.807) is 17.0 Å². The molecule has 2 aliphatic heterocycles. The van der Waals surface area contributed by atoms with Gasteiger partial charge < -0.3 is 16.0 Å². The summed E-state index contributed by atoms with van der Waals surface area (Å²) in [6, 6.07) is 14.3. The van der Waals surface area contributed by atoms with Gasteiger partial charge in [0.15, 0.2) is 0 Å². The fourth-order valence-electron chi connectivity index (χ4n) is 4.62. The van der Waals surface area contributed by atoms with Crippen LogP contribution in [0.5, 0.6) is 0 Å². The van der Waals surface area contributed by atoms with Crippen LogP contribution in [0.1, 0.15) is 34.1 Å². The van der Waals surface area contributed by atoms with Crippen molar-refractivity contribution in [3.63, 3.8) is 0 Å². The Morgan fingerprint density at radius 1 is 1.21 bits per heavy atom. The third kappa shape index (κ3) is 2.45. The van der Waals surface area contributed by atoms with E-state index in [1.807, 2.05) is 24.3 Å². The maximum atomic E-state index is 13.6. The number of aromatic nitrogens is 2. The molecule has 146 valence electrons. The molecular weight excluding hydrogens is 373 g/mol. The van der Waals surface area contributed by atoms with Gasteiger partial charge in [0.05, 0.1) is 6.04 Å². The normalized spacial score (nSPS) is 22.7. The summed E-state index contributed by atoms with van der Waals surface area (Å²) < 4.78 is 13.6. The molecule has 0 saturated carbocycles. The van der Waals surface area contributed by atoms with Crippen LogP contribution in [0, 0.1) is 5.82 Å². The number of likely N-dealkylation sites (tertiary alicyclic amines) is 1. The Morgan fingerprint density at radius 3 is 2.69 bits per heavy atom. The zero-order valence-electron chi connectivity index (χ0n) is 15.4. The molecular formula is C21H18FN5O2. The van der Waals surface area contributed by atoms with Gasteiger partial charge in [-0.15, -0.1) is 0 Å². The number of carbonyl (C=O) groups excluding carboxylic acids is 2. The molecule has 2 aliphatic rings. The molecule has 1 saturated heterocycles. The zero-order chi connectivity index (χ0) is 20.2. The van der Waals surface area contributed by atoms with Crippen LogP contribution in [-0.2, 0) is 10.2 Å². The second-order valence-electron chi connectivity index (χ2n) is 7.38. The molecule has 0 aliphatic carbocycles. The minimum atomic E-state index is -0.949. The summed E-state index contributed by atoms with van der Waals surface area (Å²) >= 11 is 0. The number of nitrogen functional groups attached to an aromatic ring is 1. The number of benzene rings is 2. The van der Waals surface area contributed by atoms with Gasteiger partial charge in [-0.2, -0.15) is 5.10 Å². The number of rotatable bonds is 2. The monoisotopic (exact) mass is 391 g/mol. The van der Waals surface area contributed by atoms with Gasteiger partial charge in [0.25, 0.3) is 5.91 Å². The topological polar surface area (TPSA) is 104 Å². The number of nitrogens with one attached hydrogen (secondary N) is 2. The number of halogens is 1. The van der Waals surface area contributed by atoms with Crippen LogP contribution in [-0.4, -0.2) is 33.5 Å². The number of hydrogen-bond donors (Lipinski definition) is 3. The summed E-state index contributed by atoms with van der Waals surface area (Å²) in [5.41, 5.74) is 7.24. The Hall–Kier alpha value is -3.68. The third-order valence-corrected chi connectivity index (χ3v) is 5.86. The molecule has 2 amide bonds. The molecule has 2 atom stereocenters. The van der Waals surface area contributed by atoms with Crippen molar-refractivity contribution in [3.05, 3.63) is 77.2 Å². The van der Waals surface area contributed by atoms with Crippen LogP contribution < -0.4 is 11.1 Å². The number of H-pyrrole nitrogens is 1. The summed E-state index contributed by atoms with van der Waals surface area (Å²) in [5.74, 6) is -0.633. The zero-order valence-corrected chi connectivity index (χ0v) is 15.4. The molecule has 1 aromatic heterocycles. The highest BCUT2D eigenvalue weighted by molar-refractivity contribution is 6.08. The summed E-state index contributed by atoms with van der Waals surface area (Å²) in [7, 11) is 0. The van der Waals surface area contributed by atoms with Crippen LogP contribution in [0.2, 0.25) is 0 Å². The molecule has 7 nitrogen and oxygen atoms in total. The molecule has 8 heteroatoms. The number of carbonyl (C=O) groups is 2. The Labute approximate surface area is 165 Å². The van der Waals surface area contributed by atoms with E-state index in [1.165, 1.54) is 18.2 Å². The van der Waals surface area contributed by atoms with E-state index in [0.717, 1.165) is 11.3 Å². The van der Waals surface area contributed by atoms with Crippen molar-refractivity contribution in [2.24, 2.45) is 0 Å².